The van der Waals surface area contributed by atoms with Gasteiger partial charge in [-0.1, -0.05) is 29.9 Å². The summed E-state index contributed by atoms with van der Waals surface area (Å²) in [6.45, 7) is 2.60. The summed E-state index contributed by atoms with van der Waals surface area (Å²) in [4.78, 5) is 14.6. The van der Waals surface area contributed by atoms with Crippen LogP contribution in [0.15, 0.2) is 0 Å². The molecule has 1 aromatic heterocycles. The van der Waals surface area contributed by atoms with Gasteiger partial charge in [-0.25, -0.2) is 0 Å². The van der Waals surface area contributed by atoms with Gasteiger partial charge in [-0.05, 0) is 6.42 Å². The highest BCUT2D eigenvalue weighted by molar-refractivity contribution is 7.15. The van der Waals surface area contributed by atoms with E-state index in [2.05, 4.69) is 4.98 Å². The lowest BCUT2D eigenvalue weighted by molar-refractivity contribution is 0.112. The lowest BCUT2D eigenvalue weighted by atomic mass is 10.5. The summed E-state index contributed by atoms with van der Waals surface area (Å²) in [5.74, 6) is 0. The van der Waals surface area contributed by atoms with Gasteiger partial charge in [0.2, 0.25) is 0 Å². The number of carbonyl (C=O) groups excluding carboxylic acids is 1. The molecular formula is C7H8ClNO2S. The van der Waals surface area contributed by atoms with Crippen molar-refractivity contribution < 1.29 is 9.53 Å². The molecule has 0 N–H and O–H groups in total. The molecule has 1 heterocycles. The van der Waals surface area contributed by atoms with Crippen LogP contribution in [-0.2, 0) is 0 Å². The van der Waals surface area contributed by atoms with E-state index in [9.17, 15) is 4.79 Å². The first-order valence-electron chi connectivity index (χ1n) is 3.52. The third-order valence-corrected chi connectivity index (χ3v) is 2.42. The van der Waals surface area contributed by atoms with E-state index in [0.29, 0.717) is 23.0 Å². The van der Waals surface area contributed by atoms with Crippen LogP contribution in [0.4, 0.5) is 0 Å². The SMILES string of the molecule is CCCOc1nc(Cl)c(C=O)s1. The second-order valence-electron chi connectivity index (χ2n) is 2.10. The molecule has 0 bridgehead atoms. The smallest absolute Gasteiger partial charge is 0.275 e. The van der Waals surface area contributed by atoms with Crippen molar-refractivity contribution in [1.82, 2.24) is 4.98 Å². The molecule has 12 heavy (non-hydrogen) atoms. The molecule has 1 rings (SSSR count). The summed E-state index contributed by atoms with van der Waals surface area (Å²) in [5.41, 5.74) is 0. The van der Waals surface area contributed by atoms with Crippen LogP contribution < -0.4 is 4.74 Å². The van der Waals surface area contributed by atoms with Crippen molar-refractivity contribution in [3.63, 3.8) is 0 Å². The van der Waals surface area contributed by atoms with Gasteiger partial charge in [-0.15, -0.1) is 0 Å². The van der Waals surface area contributed by atoms with Crippen molar-refractivity contribution in [2.75, 3.05) is 6.61 Å². The van der Waals surface area contributed by atoms with E-state index in [0.717, 1.165) is 6.42 Å². The van der Waals surface area contributed by atoms with Crippen LogP contribution in [-0.4, -0.2) is 17.9 Å². The standard InChI is InChI=1S/C7H8ClNO2S/c1-2-3-11-7-9-6(8)5(4-10)12-7/h4H,2-3H2,1H3. The third-order valence-electron chi connectivity index (χ3n) is 1.13. The molecule has 5 heteroatoms. The first-order valence-corrected chi connectivity index (χ1v) is 4.71. The molecule has 0 atom stereocenters. The molecule has 1 aromatic rings. The minimum Gasteiger partial charge on any atom is -0.470 e. The number of hydrogen-bond acceptors (Lipinski definition) is 4. The Kier molecular flexibility index (Phi) is 3.49. The molecule has 66 valence electrons. The Morgan fingerprint density at radius 1 is 1.75 bits per heavy atom. The highest BCUT2D eigenvalue weighted by atomic mass is 35.5. The number of aldehydes is 1. The third kappa shape index (κ3) is 2.19. The van der Waals surface area contributed by atoms with Gasteiger partial charge >= 0.3 is 0 Å². The van der Waals surface area contributed by atoms with E-state index >= 15 is 0 Å². The Morgan fingerprint density at radius 3 is 3.00 bits per heavy atom. The maximum Gasteiger partial charge on any atom is 0.275 e. The lowest BCUT2D eigenvalue weighted by Crippen LogP contribution is -1.93. The Bertz CT molecular complexity index is 274. The topological polar surface area (TPSA) is 39.2 Å². The van der Waals surface area contributed by atoms with Crippen LogP contribution in [0.3, 0.4) is 0 Å². The number of aromatic nitrogens is 1. The number of halogens is 1. The molecular weight excluding hydrogens is 198 g/mol. The van der Waals surface area contributed by atoms with Gasteiger partial charge in [0.15, 0.2) is 11.4 Å². The summed E-state index contributed by atoms with van der Waals surface area (Å²) in [6.07, 6.45) is 1.59. The number of carbonyl (C=O) groups is 1. The Hall–Kier alpha value is -0.610. The van der Waals surface area contributed by atoms with Crippen molar-refractivity contribution in [1.29, 1.82) is 0 Å². The molecule has 0 radical (unpaired) electrons. The first kappa shape index (κ1) is 9.48. The molecule has 0 aliphatic rings. The lowest BCUT2D eigenvalue weighted by Gasteiger charge is -1.95. The minimum absolute atomic E-state index is 0.223. The van der Waals surface area contributed by atoms with Crippen LogP contribution in [0.1, 0.15) is 23.0 Å². The second-order valence-corrected chi connectivity index (χ2v) is 3.45. The molecule has 3 nitrogen and oxygen atoms in total. The Morgan fingerprint density at radius 2 is 2.50 bits per heavy atom. The quantitative estimate of drug-likeness (QED) is 0.709. The summed E-state index contributed by atoms with van der Waals surface area (Å²) in [5, 5.41) is 0.685. The van der Waals surface area contributed by atoms with E-state index in [1.54, 1.807) is 0 Å². The van der Waals surface area contributed by atoms with Crippen molar-refractivity contribution in [3.05, 3.63) is 10.0 Å². The van der Waals surface area contributed by atoms with Gasteiger partial charge in [0, 0.05) is 0 Å². The Labute approximate surface area is 79.3 Å². The van der Waals surface area contributed by atoms with E-state index < -0.39 is 0 Å². The van der Waals surface area contributed by atoms with Gasteiger partial charge in [-0.2, -0.15) is 4.98 Å². The monoisotopic (exact) mass is 205 g/mol. The molecule has 0 amide bonds. The number of ether oxygens (including phenoxy) is 1. The summed E-state index contributed by atoms with van der Waals surface area (Å²) >= 11 is 6.78. The van der Waals surface area contributed by atoms with E-state index in [1.165, 1.54) is 11.3 Å². The van der Waals surface area contributed by atoms with Gasteiger partial charge in [0.05, 0.1) is 6.61 Å². The zero-order chi connectivity index (χ0) is 8.97. The fraction of sp³-hybridized carbons (Fsp3) is 0.429. The fourth-order valence-electron chi connectivity index (χ4n) is 0.618. The van der Waals surface area contributed by atoms with Crippen LogP contribution in [0.25, 0.3) is 0 Å². The maximum atomic E-state index is 10.3. The molecule has 0 spiro atoms. The van der Waals surface area contributed by atoms with Crippen LogP contribution in [0, 0.1) is 0 Å². The molecule has 0 saturated carbocycles. The zero-order valence-electron chi connectivity index (χ0n) is 6.54. The number of nitrogens with zero attached hydrogens (tertiary/aromatic N) is 1. The van der Waals surface area contributed by atoms with Gasteiger partial charge < -0.3 is 4.74 Å². The second kappa shape index (κ2) is 4.42. The molecule has 0 unspecified atom stereocenters. The van der Waals surface area contributed by atoms with E-state index in [-0.39, 0.29) is 5.15 Å². The number of rotatable bonds is 4. The normalized spacial score (nSPS) is 9.83. The Balaban J connectivity index is 2.68. The predicted octanol–water partition coefficient (Wildman–Crippen LogP) is 2.40. The maximum absolute atomic E-state index is 10.3. The molecule has 0 saturated heterocycles. The van der Waals surface area contributed by atoms with Crippen LogP contribution in [0.5, 0.6) is 5.19 Å². The highest BCUT2D eigenvalue weighted by Crippen LogP contribution is 2.26. The minimum atomic E-state index is 0.223. The highest BCUT2D eigenvalue weighted by Gasteiger charge is 2.08. The molecule has 0 aliphatic heterocycles. The van der Waals surface area contributed by atoms with Gasteiger partial charge in [-0.3, -0.25) is 4.79 Å². The summed E-state index contributed by atoms with van der Waals surface area (Å²) in [6, 6.07) is 0. The van der Waals surface area contributed by atoms with Crippen molar-refractivity contribution in [2.45, 2.75) is 13.3 Å². The number of thiazole rings is 1. The van der Waals surface area contributed by atoms with Crippen molar-refractivity contribution in [2.24, 2.45) is 0 Å². The zero-order valence-corrected chi connectivity index (χ0v) is 8.11. The van der Waals surface area contributed by atoms with E-state index in [4.69, 9.17) is 16.3 Å². The van der Waals surface area contributed by atoms with E-state index in [1.807, 2.05) is 6.92 Å². The average Bonchev–Trinajstić information content (AvgIpc) is 2.43. The van der Waals surface area contributed by atoms with Gasteiger partial charge in [0.25, 0.3) is 5.19 Å². The van der Waals surface area contributed by atoms with Crippen molar-refractivity contribution in [3.8, 4) is 5.19 Å². The molecule has 0 aliphatic carbocycles. The fourth-order valence-corrected chi connectivity index (χ4v) is 1.55. The summed E-state index contributed by atoms with van der Waals surface area (Å²) in [7, 11) is 0. The molecule has 0 aromatic carbocycles. The van der Waals surface area contributed by atoms with Crippen LogP contribution in [0.2, 0.25) is 5.15 Å². The summed E-state index contributed by atoms with van der Waals surface area (Å²) < 4.78 is 5.18. The van der Waals surface area contributed by atoms with Crippen molar-refractivity contribution >= 4 is 29.2 Å². The average molecular weight is 206 g/mol. The number of hydrogen-bond donors (Lipinski definition) is 0. The predicted molar refractivity (Wildman–Crippen MR) is 48.3 cm³/mol. The first-order chi connectivity index (χ1) is 5.77. The van der Waals surface area contributed by atoms with Crippen LogP contribution >= 0.6 is 22.9 Å². The van der Waals surface area contributed by atoms with Gasteiger partial charge in [0.1, 0.15) is 4.88 Å². The molecule has 0 fully saturated rings. The largest absolute Gasteiger partial charge is 0.470 e.